The summed E-state index contributed by atoms with van der Waals surface area (Å²) in [6, 6.07) is 8.12. The van der Waals surface area contributed by atoms with Crippen LogP contribution < -0.4 is 10.0 Å². The van der Waals surface area contributed by atoms with Crippen molar-refractivity contribution in [1.82, 2.24) is 10.0 Å². The van der Waals surface area contributed by atoms with Gasteiger partial charge in [-0.25, -0.2) is 13.1 Å². The average molecular weight is 300 g/mol. The van der Waals surface area contributed by atoms with E-state index in [1.807, 2.05) is 32.0 Å². The second-order valence-corrected chi connectivity index (χ2v) is 7.36. The Labute approximate surface area is 121 Å². The van der Waals surface area contributed by atoms with E-state index in [1.54, 1.807) is 7.11 Å². The van der Waals surface area contributed by atoms with E-state index in [4.69, 9.17) is 4.74 Å². The molecule has 114 valence electrons. The van der Waals surface area contributed by atoms with Crippen LogP contribution in [0.4, 0.5) is 0 Å². The number of methoxy groups -OCH3 is 1. The van der Waals surface area contributed by atoms with Gasteiger partial charge in [0.2, 0.25) is 10.0 Å². The molecule has 0 unspecified atom stereocenters. The normalized spacial score (nSPS) is 12.6. The minimum atomic E-state index is -3.20. The fourth-order valence-corrected chi connectivity index (χ4v) is 3.13. The molecule has 1 aromatic carbocycles. The fourth-order valence-electron chi connectivity index (χ4n) is 2.05. The van der Waals surface area contributed by atoms with Crippen molar-refractivity contribution in [3.05, 3.63) is 35.4 Å². The molecule has 0 saturated heterocycles. The lowest BCUT2D eigenvalue weighted by Crippen LogP contribution is -2.49. The van der Waals surface area contributed by atoms with Crippen molar-refractivity contribution >= 4 is 10.0 Å². The lowest BCUT2D eigenvalue weighted by Gasteiger charge is -2.25. The van der Waals surface area contributed by atoms with Gasteiger partial charge in [0.05, 0.1) is 12.9 Å². The van der Waals surface area contributed by atoms with Gasteiger partial charge in [0, 0.05) is 25.7 Å². The Morgan fingerprint density at radius 2 is 1.90 bits per heavy atom. The number of nitrogens with one attached hydrogen (secondary N) is 2. The van der Waals surface area contributed by atoms with E-state index in [1.165, 1.54) is 6.26 Å². The average Bonchev–Trinajstić information content (AvgIpc) is 2.26. The van der Waals surface area contributed by atoms with Gasteiger partial charge in [-0.2, -0.15) is 0 Å². The largest absolute Gasteiger partial charge is 0.380 e. The van der Waals surface area contributed by atoms with Crippen molar-refractivity contribution in [3.63, 3.8) is 0 Å². The molecule has 0 atom stereocenters. The number of benzene rings is 1. The highest BCUT2D eigenvalue weighted by molar-refractivity contribution is 7.88. The van der Waals surface area contributed by atoms with E-state index in [0.29, 0.717) is 19.7 Å². The Morgan fingerprint density at radius 1 is 1.25 bits per heavy atom. The Hall–Kier alpha value is -0.950. The molecule has 5 nitrogen and oxygen atoms in total. The summed E-state index contributed by atoms with van der Waals surface area (Å²) in [5.41, 5.74) is 1.76. The lowest BCUT2D eigenvalue weighted by atomic mass is 10.1. The third kappa shape index (κ3) is 7.00. The van der Waals surface area contributed by atoms with Crippen LogP contribution in [0.1, 0.15) is 25.0 Å². The van der Waals surface area contributed by atoms with Crippen molar-refractivity contribution in [2.24, 2.45) is 0 Å². The van der Waals surface area contributed by atoms with Crippen LogP contribution >= 0.6 is 0 Å². The number of sulfonamides is 1. The SMILES string of the molecule is COCc1cccc(CNCC(C)(C)NS(C)(=O)=O)c1. The van der Waals surface area contributed by atoms with Gasteiger partial charge in [-0.05, 0) is 25.0 Å². The minimum absolute atomic E-state index is 0.516. The Balaban J connectivity index is 2.49. The molecule has 2 N–H and O–H groups in total. The molecule has 0 bridgehead atoms. The molecule has 20 heavy (non-hydrogen) atoms. The maximum atomic E-state index is 11.2. The van der Waals surface area contributed by atoms with Gasteiger partial charge in [-0.3, -0.25) is 0 Å². The predicted molar refractivity (Wildman–Crippen MR) is 80.9 cm³/mol. The topological polar surface area (TPSA) is 67.4 Å². The van der Waals surface area contributed by atoms with Crippen molar-refractivity contribution in [2.75, 3.05) is 19.9 Å². The third-order valence-electron chi connectivity index (χ3n) is 2.66. The molecular formula is C14H24N2O3S. The standard InChI is InChI=1S/C14H24N2O3S/c1-14(2,16-20(4,17)18)11-15-9-12-6-5-7-13(8-12)10-19-3/h5-8,15-16H,9-11H2,1-4H3. The second kappa shape index (κ2) is 7.17. The van der Waals surface area contributed by atoms with Crippen LogP contribution in [0.15, 0.2) is 24.3 Å². The van der Waals surface area contributed by atoms with Gasteiger partial charge < -0.3 is 10.1 Å². The highest BCUT2D eigenvalue weighted by Crippen LogP contribution is 2.07. The van der Waals surface area contributed by atoms with Crippen molar-refractivity contribution < 1.29 is 13.2 Å². The number of hydrogen-bond donors (Lipinski definition) is 2. The first kappa shape index (κ1) is 17.1. The van der Waals surface area contributed by atoms with Gasteiger partial charge in [0.15, 0.2) is 0 Å². The van der Waals surface area contributed by atoms with E-state index in [9.17, 15) is 8.42 Å². The smallest absolute Gasteiger partial charge is 0.209 e. The summed E-state index contributed by atoms with van der Waals surface area (Å²) in [7, 11) is -1.53. The van der Waals surface area contributed by atoms with Crippen LogP contribution in [0.25, 0.3) is 0 Å². The van der Waals surface area contributed by atoms with E-state index < -0.39 is 15.6 Å². The molecule has 0 spiro atoms. The Bertz CT molecular complexity index is 527. The van der Waals surface area contributed by atoms with E-state index in [2.05, 4.69) is 16.1 Å². The van der Waals surface area contributed by atoms with E-state index in [-0.39, 0.29) is 0 Å². The van der Waals surface area contributed by atoms with Crippen LogP contribution in [0, 0.1) is 0 Å². The second-order valence-electron chi connectivity index (χ2n) is 5.61. The maximum Gasteiger partial charge on any atom is 0.209 e. The molecule has 0 heterocycles. The van der Waals surface area contributed by atoms with E-state index in [0.717, 1.165) is 11.1 Å². The van der Waals surface area contributed by atoms with Crippen LogP contribution in [-0.2, 0) is 27.9 Å². The lowest BCUT2D eigenvalue weighted by molar-refractivity contribution is 0.185. The summed E-state index contributed by atoms with van der Waals surface area (Å²) in [4.78, 5) is 0. The summed E-state index contributed by atoms with van der Waals surface area (Å²) in [5, 5.41) is 3.27. The summed E-state index contributed by atoms with van der Waals surface area (Å²) < 4.78 is 30.2. The summed E-state index contributed by atoms with van der Waals surface area (Å²) in [6.45, 7) is 5.53. The van der Waals surface area contributed by atoms with Crippen LogP contribution in [0.2, 0.25) is 0 Å². The molecule has 0 saturated carbocycles. The van der Waals surface area contributed by atoms with Crippen LogP contribution in [-0.4, -0.2) is 33.9 Å². The summed E-state index contributed by atoms with van der Waals surface area (Å²) in [5.74, 6) is 0. The molecule has 0 amide bonds. The molecule has 0 aromatic heterocycles. The van der Waals surface area contributed by atoms with Gasteiger partial charge in [0.25, 0.3) is 0 Å². The van der Waals surface area contributed by atoms with Crippen molar-refractivity contribution in [2.45, 2.75) is 32.5 Å². The Morgan fingerprint density at radius 3 is 2.50 bits per heavy atom. The number of hydrogen-bond acceptors (Lipinski definition) is 4. The van der Waals surface area contributed by atoms with Crippen molar-refractivity contribution in [1.29, 1.82) is 0 Å². The Kier molecular flexibility index (Phi) is 6.13. The quantitative estimate of drug-likeness (QED) is 0.758. The molecule has 6 heteroatoms. The zero-order valence-electron chi connectivity index (χ0n) is 12.6. The molecule has 0 radical (unpaired) electrons. The zero-order valence-corrected chi connectivity index (χ0v) is 13.4. The molecule has 0 aliphatic heterocycles. The van der Waals surface area contributed by atoms with E-state index >= 15 is 0 Å². The van der Waals surface area contributed by atoms with Gasteiger partial charge in [0.1, 0.15) is 0 Å². The summed E-state index contributed by atoms with van der Waals surface area (Å²) >= 11 is 0. The first-order valence-corrected chi connectivity index (χ1v) is 8.37. The minimum Gasteiger partial charge on any atom is -0.380 e. The van der Waals surface area contributed by atoms with Gasteiger partial charge >= 0.3 is 0 Å². The molecular weight excluding hydrogens is 276 g/mol. The van der Waals surface area contributed by atoms with Gasteiger partial charge in [-0.15, -0.1) is 0 Å². The molecule has 1 aromatic rings. The zero-order chi connectivity index (χ0) is 15.2. The number of rotatable bonds is 8. The molecule has 0 aliphatic carbocycles. The summed E-state index contributed by atoms with van der Waals surface area (Å²) in [6.07, 6.45) is 1.17. The molecule has 0 aliphatic rings. The highest BCUT2D eigenvalue weighted by Gasteiger charge is 2.21. The van der Waals surface area contributed by atoms with Gasteiger partial charge in [-0.1, -0.05) is 24.3 Å². The highest BCUT2D eigenvalue weighted by atomic mass is 32.2. The third-order valence-corrected chi connectivity index (χ3v) is 3.58. The molecule has 1 rings (SSSR count). The first-order valence-electron chi connectivity index (χ1n) is 6.48. The first-order chi connectivity index (χ1) is 9.22. The predicted octanol–water partition coefficient (Wildman–Crippen LogP) is 1.25. The fraction of sp³-hybridized carbons (Fsp3) is 0.571. The van der Waals surface area contributed by atoms with Crippen LogP contribution in [0.3, 0.4) is 0 Å². The number of ether oxygens (including phenoxy) is 1. The maximum absolute atomic E-state index is 11.2. The van der Waals surface area contributed by atoms with Crippen LogP contribution in [0.5, 0.6) is 0 Å². The monoisotopic (exact) mass is 300 g/mol. The van der Waals surface area contributed by atoms with Crippen molar-refractivity contribution in [3.8, 4) is 0 Å². The molecule has 0 fully saturated rings.